The van der Waals surface area contributed by atoms with Crippen LogP contribution in [0.25, 0.3) is 11.1 Å². The summed E-state index contributed by atoms with van der Waals surface area (Å²) in [4.78, 5) is 4.39. The monoisotopic (exact) mass is 264 g/mol. The van der Waals surface area contributed by atoms with Crippen LogP contribution in [0.4, 0.5) is 5.69 Å². The number of hydrogen-bond donors (Lipinski definition) is 1. The molecule has 3 aromatic rings. The minimum atomic E-state index is 0.507. The topological polar surface area (TPSA) is 52.0 Å². The molecule has 0 atom stereocenters. The zero-order valence-corrected chi connectivity index (χ0v) is 10.4. The molecule has 0 spiro atoms. The van der Waals surface area contributed by atoms with E-state index in [1.54, 1.807) is 23.5 Å². The van der Waals surface area contributed by atoms with E-state index in [0.717, 1.165) is 5.52 Å². The number of nitrogens with two attached hydrogens (primary N) is 1. The van der Waals surface area contributed by atoms with E-state index in [9.17, 15) is 0 Å². The average Bonchev–Trinajstić information content (AvgIpc) is 2.89. The molecule has 0 unspecified atom stereocenters. The Morgan fingerprint density at radius 1 is 1.41 bits per heavy atom. The number of benzene rings is 1. The van der Waals surface area contributed by atoms with Gasteiger partial charge in [-0.3, -0.25) is 0 Å². The summed E-state index contributed by atoms with van der Waals surface area (Å²) in [6, 6.07) is 5.50. The van der Waals surface area contributed by atoms with E-state index >= 15 is 0 Å². The summed E-state index contributed by atoms with van der Waals surface area (Å²) in [6.07, 6.45) is 0.690. The number of aromatic nitrogens is 1. The first kappa shape index (κ1) is 10.6. The van der Waals surface area contributed by atoms with Crippen LogP contribution >= 0.6 is 22.9 Å². The highest BCUT2D eigenvalue weighted by Gasteiger charge is 2.09. The number of nitrogen functional groups attached to an aromatic ring is 1. The summed E-state index contributed by atoms with van der Waals surface area (Å²) in [5.41, 5.74) is 8.84. The van der Waals surface area contributed by atoms with Crippen LogP contribution < -0.4 is 5.73 Å². The van der Waals surface area contributed by atoms with Gasteiger partial charge >= 0.3 is 0 Å². The summed E-state index contributed by atoms with van der Waals surface area (Å²) in [6.45, 7) is 0. The highest BCUT2D eigenvalue weighted by atomic mass is 35.5. The van der Waals surface area contributed by atoms with Crippen LogP contribution in [-0.2, 0) is 6.42 Å². The van der Waals surface area contributed by atoms with Crippen LogP contribution in [0.15, 0.2) is 33.4 Å². The number of thiophene rings is 1. The molecule has 2 heterocycles. The first-order valence-electron chi connectivity index (χ1n) is 5.08. The quantitative estimate of drug-likeness (QED) is 0.718. The van der Waals surface area contributed by atoms with E-state index < -0.39 is 0 Å². The second-order valence-corrected chi connectivity index (χ2v) is 4.94. The third kappa shape index (κ3) is 2.01. The molecule has 3 nitrogen and oxygen atoms in total. The lowest BCUT2D eigenvalue weighted by atomic mass is 10.2. The molecular formula is C12H9ClN2OS. The first-order chi connectivity index (χ1) is 8.22. The lowest BCUT2D eigenvalue weighted by Gasteiger charge is -1.94. The molecule has 0 amide bonds. The lowest BCUT2D eigenvalue weighted by Crippen LogP contribution is -1.85. The molecule has 86 valence electrons. The number of halogens is 1. The largest absolute Gasteiger partial charge is 0.440 e. The zero-order valence-electron chi connectivity index (χ0n) is 8.81. The summed E-state index contributed by atoms with van der Waals surface area (Å²) < 4.78 is 5.63. The van der Waals surface area contributed by atoms with Crippen molar-refractivity contribution in [2.24, 2.45) is 0 Å². The van der Waals surface area contributed by atoms with Gasteiger partial charge in [0.2, 0.25) is 0 Å². The predicted molar refractivity (Wildman–Crippen MR) is 70.6 cm³/mol. The maximum absolute atomic E-state index is 5.93. The summed E-state index contributed by atoms with van der Waals surface area (Å²) in [5.74, 6) is 0.681. The van der Waals surface area contributed by atoms with E-state index in [-0.39, 0.29) is 0 Å². The van der Waals surface area contributed by atoms with Crippen LogP contribution in [0.2, 0.25) is 5.02 Å². The van der Waals surface area contributed by atoms with Crippen molar-refractivity contribution in [3.05, 3.63) is 45.4 Å². The van der Waals surface area contributed by atoms with Gasteiger partial charge in [-0.1, -0.05) is 11.6 Å². The van der Waals surface area contributed by atoms with Crippen LogP contribution in [0, 0.1) is 0 Å². The molecule has 1 aromatic carbocycles. The molecule has 17 heavy (non-hydrogen) atoms. The molecule has 0 aliphatic carbocycles. The fourth-order valence-corrected chi connectivity index (χ4v) is 2.48. The van der Waals surface area contributed by atoms with Crippen molar-refractivity contribution in [1.82, 2.24) is 4.98 Å². The highest BCUT2D eigenvalue weighted by molar-refractivity contribution is 7.07. The van der Waals surface area contributed by atoms with Crippen LogP contribution in [0.3, 0.4) is 0 Å². The Morgan fingerprint density at radius 3 is 3.06 bits per heavy atom. The molecule has 5 heteroatoms. The van der Waals surface area contributed by atoms with E-state index in [0.29, 0.717) is 28.6 Å². The van der Waals surface area contributed by atoms with Crippen molar-refractivity contribution in [3.8, 4) is 0 Å². The molecule has 0 radical (unpaired) electrons. The molecule has 0 bridgehead atoms. The Kier molecular flexibility index (Phi) is 2.53. The second-order valence-electron chi connectivity index (χ2n) is 3.76. The van der Waals surface area contributed by atoms with Gasteiger partial charge in [-0.25, -0.2) is 4.98 Å². The number of anilines is 1. The zero-order chi connectivity index (χ0) is 11.8. The molecule has 0 saturated heterocycles. The Balaban J connectivity index is 2.02. The number of rotatable bonds is 2. The molecule has 2 aromatic heterocycles. The molecule has 0 saturated carbocycles. The number of nitrogens with zero attached hydrogens (tertiary/aromatic N) is 1. The molecular weight excluding hydrogens is 256 g/mol. The van der Waals surface area contributed by atoms with Gasteiger partial charge in [-0.05, 0) is 28.5 Å². The van der Waals surface area contributed by atoms with Crippen molar-refractivity contribution in [2.45, 2.75) is 6.42 Å². The Bertz CT molecular complexity index is 622. The smallest absolute Gasteiger partial charge is 0.199 e. The van der Waals surface area contributed by atoms with Crippen LogP contribution in [0.5, 0.6) is 0 Å². The maximum Gasteiger partial charge on any atom is 0.199 e. The third-order valence-corrected chi connectivity index (χ3v) is 3.55. The van der Waals surface area contributed by atoms with Gasteiger partial charge in [0.25, 0.3) is 0 Å². The van der Waals surface area contributed by atoms with E-state index in [4.69, 9.17) is 21.8 Å². The minimum absolute atomic E-state index is 0.507. The highest BCUT2D eigenvalue weighted by Crippen LogP contribution is 2.27. The van der Waals surface area contributed by atoms with Crippen molar-refractivity contribution in [1.29, 1.82) is 0 Å². The second kappa shape index (κ2) is 4.05. The summed E-state index contributed by atoms with van der Waals surface area (Å²) >= 11 is 7.59. The maximum atomic E-state index is 5.93. The van der Waals surface area contributed by atoms with Gasteiger partial charge in [0.05, 0.1) is 17.1 Å². The molecule has 0 aliphatic rings. The molecule has 2 N–H and O–H groups in total. The third-order valence-electron chi connectivity index (χ3n) is 2.49. The summed E-state index contributed by atoms with van der Waals surface area (Å²) in [5, 5.41) is 4.62. The standard InChI is InChI=1S/C12H9ClN2OS/c13-8-4-10-11(5-9(8)14)16-12(15-10)3-7-1-2-17-6-7/h1-2,4-6H,3,14H2. The number of fused-ring (bicyclic) bond motifs is 1. The van der Waals surface area contributed by atoms with Gasteiger partial charge in [-0.15, -0.1) is 0 Å². The van der Waals surface area contributed by atoms with Crippen molar-refractivity contribution in [3.63, 3.8) is 0 Å². The van der Waals surface area contributed by atoms with Crippen LogP contribution in [-0.4, -0.2) is 4.98 Å². The molecule has 0 aliphatic heterocycles. The lowest BCUT2D eigenvalue weighted by molar-refractivity contribution is 0.544. The van der Waals surface area contributed by atoms with Gasteiger partial charge in [0.1, 0.15) is 5.52 Å². The first-order valence-corrected chi connectivity index (χ1v) is 6.40. The Morgan fingerprint density at radius 2 is 2.29 bits per heavy atom. The Hall–Kier alpha value is -1.52. The van der Waals surface area contributed by atoms with E-state index in [2.05, 4.69) is 16.4 Å². The fraction of sp³-hybridized carbons (Fsp3) is 0.0833. The van der Waals surface area contributed by atoms with Gasteiger partial charge in [-0.2, -0.15) is 11.3 Å². The van der Waals surface area contributed by atoms with Gasteiger partial charge in [0.15, 0.2) is 11.5 Å². The number of oxazole rings is 1. The van der Waals surface area contributed by atoms with E-state index in [1.807, 2.05) is 5.38 Å². The minimum Gasteiger partial charge on any atom is -0.440 e. The van der Waals surface area contributed by atoms with Crippen molar-refractivity contribution < 1.29 is 4.42 Å². The predicted octanol–water partition coefficient (Wildman–Crippen LogP) is 3.72. The summed E-state index contributed by atoms with van der Waals surface area (Å²) in [7, 11) is 0. The molecule has 0 fully saturated rings. The van der Waals surface area contributed by atoms with Crippen molar-refractivity contribution in [2.75, 3.05) is 5.73 Å². The van der Waals surface area contributed by atoms with E-state index in [1.165, 1.54) is 5.56 Å². The normalized spacial score (nSPS) is 11.1. The van der Waals surface area contributed by atoms with Crippen LogP contribution in [0.1, 0.15) is 11.5 Å². The van der Waals surface area contributed by atoms with Gasteiger partial charge in [0, 0.05) is 6.07 Å². The Labute approximate surface area is 107 Å². The SMILES string of the molecule is Nc1cc2oc(Cc3ccsc3)nc2cc1Cl. The average molecular weight is 265 g/mol. The van der Waals surface area contributed by atoms with Crippen molar-refractivity contribution >= 4 is 39.7 Å². The number of hydrogen-bond acceptors (Lipinski definition) is 4. The van der Waals surface area contributed by atoms with Gasteiger partial charge < -0.3 is 10.2 Å². The fourth-order valence-electron chi connectivity index (χ4n) is 1.66. The molecule has 3 rings (SSSR count).